The van der Waals surface area contributed by atoms with Gasteiger partial charge in [-0.15, -0.1) is 5.10 Å². The fourth-order valence-corrected chi connectivity index (χ4v) is 1.93. The molecule has 0 aliphatic rings. The summed E-state index contributed by atoms with van der Waals surface area (Å²) in [6.07, 6.45) is 2.44. The minimum Gasteiger partial charge on any atom is -0.478 e. The van der Waals surface area contributed by atoms with Gasteiger partial charge in [0.25, 0.3) is 0 Å². The molecule has 1 aromatic heterocycles. The summed E-state index contributed by atoms with van der Waals surface area (Å²) in [7, 11) is 0. The van der Waals surface area contributed by atoms with Gasteiger partial charge in [0.1, 0.15) is 0 Å². The molecule has 0 saturated heterocycles. The third kappa shape index (κ3) is 2.36. The van der Waals surface area contributed by atoms with Crippen LogP contribution in [0.15, 0.2) is 24.4 Å². The first-order valence-corrected chi connectivity index (χ1v) is 5.93. The second-order valence-electron chi connectivity index (χ2n) is 3.84. The van der Waals surface area contributed by atoms with Crippen LogP contribution in [-0.2, 0) is 6.54 Å². The quantitative estimate of drug-likeness (QED) is 0.923. The van der Waals surface area contributed by atoms with Crippen LogP contribution < -0.4 is 0 Å². The fourth-order valence-electron chi connectivity index (χ4n) is 1.76. The Bertz CT molecular complexity index is 580. The summed E-state index contributed by atoms with van der Waals surface area (Å²) in [5.41, 5.74) is 1.39. The summed E-state index contributed by atoms with van der Waals surface area (Å²) < 4.78 is 1.68. The molecule has 0 saturated carbocycles. The average Bonchev–Trinajstić information content (AvgIpc) is 2.77. The van der Waals surface area contributed by atoms with Gasteiger partial charge in [-0.2, -0.15) is 0 Å². The number of rotatable bonds is 4. The van der Waals surface area contributed by atoms with Crippen LogP contribution in [0.25, 0.3) is 11.3 Å². The molecule has 5 nitrogen and oxygen atoms in total. The first-order chi connectivity index (χ1) is 8.63. The van der Waals surface area contributed by atoms with Gasteiger partial charge in [-0.1, -0.05) is 23.7 Å². The normalized spacial score (nSPS) is 10.6. The lowest BCUT2D eigenvalue weighted by Crippen LogP contribution is -2.05. The first-order valence-electron chi connectivity index (χ1n) is 5.55. The number of aromatic carboxylic acids is 1. The van der Waals surface area contributed by atoms with Crippen LogP contribution in [-0.4, -0.2) is 26.1 Å². The van der Waals surface area contributed by atoms with E-state index >= 15 is 0 Å². The number of hydrogen-bond acceptors (Lipinski definition) is 3. The van der Waals surface area contributed by atoms with E-state index in [4.69, 9.17) is 11.6 Å². The molecule has 0 fully saturated rings. The zero-order chi connectivity index (χ0) is 13.1. The van der Waals surface area contributed by atoms with Crippen LogP contribution in [0, 0.1) is 0 Å². The smallest absolute Gasteiger partial charge is 0.336 e. The Morgan fingerprint density at radius 2 is 2.28 bits per heavy atom. The lowest BCUT2D eigenvalue weighted by atomic mass is 10.1. The Labute approximate surface area is 109 Å². The summed E-state index contributed by atoms with van der Waals surface area (Å²) in [5.74, 6) is -0.995. The SMILES string of the molecule is CCCn1nncc1-c1cc(Cl)ccc1C(=O)O. The largest absolute Gasteiger partial charge is 0.478 e. The van der Waals surface area contributed by atoms with Crippen molar-refractivity contribution in [2.75, 3.05) is 0 Å². The van der Waals surface area contributed by atoms with E-state index < -0.39 is 5.97 Å². The van der Waals surface area contributed by atoms with Crippen molar-refractivity contribution in [3.05, 3.63) is 35.0 Å². The molecule has 94 valence electrons. The van der Waals surface area contributed by atoms with Gasteiger partial charge >= 0.3 is 5.97 Å². The molecule has 0 radical (unpaired) electrons. The van der Waals surface area contributed by atoms with Gasteiger partial charge in [-0.05, 0) is 24.6 Å². The molecule has 1 heterocycles. The van der Waals surface area contributed by atoms with Crippen molar-refractivity contribution in [1.29, 1.82) is 0 Å². The third-order valence-electron chi connectivity index (χ3n) is 2.54. The number of halogens is 1. The molecule has 0 amide bonds. The monoisotopic (exact) mass is 265 g/mol. The van der Waals surface area contributed by atoms with Gasteiger partial charge < -0.3 is 5.11 Å². The number of aryl methyl sites for hydroxylation is 1. The summed E-state index contributed by atoms with van der Waals surface area (Å²) in [5, 5.41) is 17.4. The zero-order valence-corrected chi connectivity index (χ0v) is 10.6. The molecule has 1 N–H and O–H groups in total. The molecule has 2 rings (SSSR count). The maximum Gasteiger partial charge on any atom is 0.336 e. The summed E-state index contributed by atoms with van der Waals surface area (Å²) in [6, 6.07) is 4.67. The Morgan fingerprint density at radius 1 is 1.50 bits per heavy atom. The standard InChI is InChI=1S/C12H12ClN3O2/c1-2-5-16-11(7-14-15-16)10-6-8(13)3-4-9(10)12(17)18/h3-4,6-7H,2,5H2,1H3,(H,17,18). The fraction of sp³-hybridized carbons (Fsp3) is 0.250. The molecular formula is C12H12ClN3O2. The highest BCUT2D eigenvalue weighted by Crippen LogP contribution is 2.26. The predicted octanol–water partition coefficient (Wildman–Crippen LogP) is 2.71. The zero-order valence-electron chi connectivity index (χ0n) is 9.80. The minimum absolute atomic E-state index is 0.194. The van der Waals surface area contributed by atoms with Crippen LogP contribution >= 0.6 is 11.6 Å². The van der Waals surface area contributed by atoms with E-state index in [1.807, 2.05) is 6.92 Å². The van der Waals surface area contributed by atoms with E-state index in [-0.39, 0.29) is 5.56 Å². The Hall–Kier alpha value is -1.88. The Balaban J connectivity index is 2.58. The van der Waals surface area contributed by atoms with Crippen molar-refractivity contribution < 1.29 is 9.90 Å². The van der Waals surface area contributed by atoms with Crippen molar-refractivity contribution in [2.45, 2.75) is 19.9 Å². The molecule has 0 spiro atoms. The number of carbonyl (C=O) groups is 1. The molecule has 6 heteroatoms. The molecule has 0 aliphatic carbocycles. The number of benzene rings is 1. The van der Waals surface area contributed by atoms with Crippen molar-refractivity contribution in [3.8, 4) is 11.3 Å². The molecule has 2 aromatic rings. The second-order valence-corrected chi connectivity index (χ2v) is 4.27. The minimum atomic E-state index is -0.995. The summed E-state index contributed by atoms with van der Waals surface area (Å²) in [4.78, 5) is 11.2. The lowest BCUT2D eigenvalue weighted by molar-refractivity contribution is 0.0697. The molecular weight excluding hydrogens is 254 g/mol. The molecule has 0 unspecified atom stereocenters. The summed E-state index contributed by atoms with van der Waals surface area (Å²) in [6.45, 7) is 2.70. The van der Waals surface area contributed by atoms with E-state index in [0.29, 0.717) is 22.8 Å². The highest BCUT2D eigenvalue weighted by molar-refractivity contribution is 6.31. The average molecular weight is 266 g/mol. The molecule has 18 heavy (non-hydrogen) atoms. The van der Waals surface area contributed by atoms with E-state index in [1.165, 1.54) is 6.07 Å². The number of carboxylic acids is 1. The molecule has 0 aliphatic heterocycles. The van der Waals surface area contributed by atoms with E-state index in [9.17, 15) is 9.90 Å². The Morgan fingerprint density at radius 3 is 2.94 bits per heavy atom. The van der Waals surface area contributed by atoms with Crippen molar-refractivity contribution in [2.24, 2.45) is 0 Å². The second kappa shape index (κ2) is 5.18. The van der Waals surface area contributed by atoms with Crippen molar-refractivity contribution in [1.82, 2.24) is 15.0 Å². The van der Waals surface area contributed by atoms with E-state index in [1.54, 1.807) is 23.0 Å². The third-order valence-corrected chi connectivity index (χ3v) is 2.78. The van der Waals surface area contributed by atoms with Crippen molar-refractivity contribution >= 4 is 17.6 Å². The van der Waals surface area contributed by atoms with E-state index in [0.717, 1.165) is 6.42 Å². The Kier molecular flexibility index (Phi) is 3.62. The highest BCUT2D eigenvalue weighted by Gasteiger charge is 2.16. The molecule has 0 atom stereocenters. The van der Waals surface area contributed by atoms with E-state index in [2.05, 4.69) is 10.3 Å². The first kappa shape index (κ1) is 12.6. The molecule has 1 aromatic carbocycles. The van der Waals surface area contributed by atoms with Crippen LogP contribution in [0.5, 0.6) is 0 Å². The van der Waals surface area contributed by atoms with Gasteiger partial charge in [0.2, 0.25) is 0 Å². The van der Waals surface area contributed by atoms with Crippen molar-refractivity contribution in [3.63, 3.8) is 0 Å². The summed E-state index contributed by atoms with van der Waals surface area (Å²) >= 11 is 5.92. The van der Waals surface area contributed by atoms with Crippen LogP contribution in [0.3, 0.4) is 0 Å². The van der Waals surface area contributed by atoms with Gasteiger partial charge in [-0.3, -0.25) is 0 Å². The maximum atomic E-state index is 11.2. The van der Waals surface area contributed by atoms with Crippen LogP contribution in [0.4, 0.5) is 0 Å². The predicted molar refractivity (Wildman–Crippen MR) is 67.7 cm³/mol. The van der Waals surface area contributed by atoms with Gasteiger partial charge in [0.05, 0.1) is 17.5 Å². The molecule has 0 bridgehead atoms. The number of carboxylic acid groups (broad SMARTS) is 1. The number of nitrogens with zero attached hydrogens (tertiary/aromatic N) is 3. The number of hydrogen-bond donors (Lipinski definition) is 1. The highest BCUT2D eigenvalue weighted by atomic mass is 35.5. The maximum absolute atomic E-state index is 11.2. The van der Waals surface area contributed by atoms with Crippen LogP contribution in [0.2, 0.25) is 5.02 Å². The lowest BCUT2D eigenvalue weighted by Gasteiger charge is -2.08. The van der Waals surface area contributed by atoms with Gasteiger partial charge in [0, 0.05) is 17.1 Å². The van der Waals surface area contributed by atoms with Crippen LogP contribution in [0.1, 0.15) is 23.7 Å². The topological polar surface area (TPSA) is 68.0 Å². The van der Waals surface area contributed by atoms with Gasteiger partial charge in [-0.25, -0.2) is 9.48 Å². The number of aromatic nitrogens is 3. The van der Waals surface area contributed by atoms with Gasteiger partial charge in [0.15, 0.2) is 0 Å².